The molecule has 3 heterocycles. The number of methoxy groups -OCH3 is 2. The molecule has 1 aliphatic heterocycles. The number of hydrogen-bond donors (Lipinski definition) is 2. The van der Waals surface area contributed by atoms with Crippen LogP contribution in [0.1, 0.15) is 21.6 Å². The second kappa shape index (κ2) is 10.6. The summed E-state index contributed by atoms with van der Waals surface area (Å²) in [6.07, 6.45) is 3.05. The van der Waals surface area contributed by atoms with Crippen LogP contribution in [-0.2, 0) is 0 Å². The Labute approximate surface area is 218 Å². The lowest BCUT2D eigenvalue weighted by Crippen LogP contribution is -2.49. The third kappa shape index (κ3) is 5.01. The minimum atomic E-state index is -0.488. The predicted octanol–water partition coefficient (Wildman–Crippen LogP) is 3.35. The summed E-state index contributed by atoms with van der Waals surface area (Å²) in [6, 6.07) is 15.7. The van der Waals surface area contributed by atoms with Gasteiger partial charge in [0.05, 0.1) is 25.3 Å². The number of aliphatic hydroxyl groups is 1. The summed E-state index contributed by atoms with van der Waals surface area (Å²) < 4.78 is 10.5. The molecule has 2 N–H and O–H groups in total. The van der Waals surface area contributed by atoms with E-state index in [4.69, 9.17) is 9.47 Å². The van der Waals surface area contributed by atoms with Crippen molar-refractivity contribution in [2.24, 2.45) is 0 Å². The van der Waals surface area contributed by atoms with Crippen LogP contribution in [0.3, 0.4) is 0 Å². The van der Waals surface area contributed by atoms with Crippen molar-refractivity contribution >= 4 is 34.6 Å². The number of benzene rings is 2. The average Bonchev–Trinajstić information content (AvgIpc) is 2.97. The molecule has 1 aliphatic rings. The standard InChI is InChI=1S/C28H27N5O5/c1-37-24-9-7-18(16-25(24)38-2)23(34)17-22-27(35)31-21-15-19(6-8-20(21)30-22)28(36)33-13-11-32(12-14-33)26-5-3-4-10-29-26/h3-10,15-17,34H,11-14H2,1-2H3,(H,31,35). The SMILES string of the molecule is COc1ccc(C(O)=Cc2nc3ccc(C(=O)N4CCN(c5ccccn5)CC4)cc3[nH]c2=O)cc1OC. The van der Waals surface area contributed by atoms with E-state index in [1.54, 1.807) is 47.5 Å². The molecule has 10 heteroatoms. The van der Waals surface area contributed by atoms with Crippen molar-refractivity contribution in [2.75, 3.05) is 45.3 Å². The molecule has 2 aromatic carbocycles. The van der Waals surface area contributed by atoms with E-state index in [-0.39, 0.29) is 17.4 Å². The Morgan fingerprint density at radius 2 is 1.74 bits per heavy atom. The molecule has 10 nitrogen and oxygen atoms in total. The van der Waals surface area contributed by atoms with Gasteiger partial charge in [-0.15, -0.1) is 0 Å². The molecule has 1 amide bonds. The lowest BCUT2D eigenvalue weighted by atomic mass is 10.1. The van der Waals surface area contributed by atoms with E-state index >= 15 is 0 Å². The summed E-state index contributed by atoms with van der Waals surface area (Å²) >= 11 is 0. The Morgan fingerprint density at radius 3 is 2.45 bits per heavy atom. The Kier molecular flexibility index (Phi) is 6.94. The van der Waals surface area contributed by atoms with E-state index in [2.05, 4.69) is 19.9 Å². The molecule has 194 valence electrons. The highest BCUT2D eigenvalue weighted by atomic mass is 16.5. The maximum absolute atomic E-state index is 13.2. The molecule has 0 saturated carbocycles. The molecule has 4 aromatic rings. The Hall–Kier alpha value is -4.86. The fourth-order valence-corrected chi connectivity index (χ4v) is 4.40. The number of hydrogen-bond acceptors (Lipinski definition) is 8. The first-order valence-corrected chi connectivity index (χ1v) is 12.1. The number of nitrogens with zero attached hydrogens (tertiary/aromatic N) is 4. The molecule has 1 fully saturated rings. The van der Waals surface area contributed by atoms with Crippen molar-refractivity contribution in [1.29, 1.82) is 0 Å². The molecule has 0 unspecified atom stereocenters. The first-order valence-electron chi connectivity index (χ1n) is 12.1. The minimum Gasteiger partial charge on any atom is -0.507 e. The number of aromatic nitrogens is 3. The van der Waals surface area contributed by atoms with Crippen molar-refractivity contribution in [1.82, 2.24) is 19.9 Å². The number of pyridine rings is 1. The summed E-state index contributed by atoms with van der Waals surface area (Å²) in [7, 11) is 3.02. The van der Waals surface area contributed by atoms with Gasteiger partial charge in [0.1, 0.15) is 17.3 Å². The fraction of sp³-hybridized carbons (Fsp3) is 0.214. The molecule has 0 spiro atoms. The number of aromatic amines is 1. The van der Waals surface area contributed by atoms with E-state index in [9.17, 15) is 14.7 Å². The van der Waals surface area contributed by atoms with Gasteiger partial charge in [-0.05, 0) is 48.5 Å². The van der Waals surface area contributed by atoms with Crippen molar-refractivity contribution in [3.63, 3.8) is 0 Å². The highest BCUT2D eigenvalue weighted by Gasteiger charge is 2.23. The molecule has 5 rings (SSSR count). The van der Waals surface area contributed by atoms with E-state index < -0.39 is 5.56 Å². The Morgan fingerprint density at radius 1 is 0.974 bits per heavy atom. The van der Waals surface area contributed by atoms with Crippen molar-refractivity contribution in [3.8, 4) is 11.5 Å². The molecule has 0 radical (unpaired) electrons. The topological polar surface area (TPSA) is 121 Å². The van der Waals surface area contributed by atoms with Crippen LogP contribution in [-0.4, -0.2) is 71.3 Å². The number of carbonyl (C=O) groups excluding carboxylic acids is 1. The van der Waals surface area contributed by atoms with Crippen LogP contribution in [0.4, 0.5) is 5.82 Å². The van der Waals surface area contributed by atoms with Gasteiger partial charge in [-0.1, -0.05) is 6.07 Å². The lowest BCUT2D eigenvalue weighted by Gasteiger charge is -2.35. The van der Waals surface area contributed by atoms with Gasteiger partial charge in [-0.2, -0.15) is 0 Å². The molecule has 0 aliphatic carbocycles. The largest absolute Gasteiger partial charge is 0.507 e. The third-order valence-corrected chi connectivity index (χ3v) is 6.46. The number of rotatable bonds is 6. The number of carbonyl (C=O) groups is 1. The number of anilines is 1. The fourth-order valence-electron chi connectivity index (χ4n) is 4.40. The zero-order valence-electron chi connectivity index (χ0n) is 21.0. The second-order valence-electron chi connectivity index (χ2n) is 8.75. The number of nitrogens with one attached hydrogen (secondary N) is 1. The minimum absolute atomic E-state index is 0.0366. The highest BCUT2D eigenvalue weighted by Crippen LogP contribution is 2.30. The molecule has 0 atom stereocenters. The maximum Gasteiger partial charge on any atom is 0.274 e. The quantitative estimate of drug-likeness (QED) is 0.377. The molecule has 38 heavy (non-hydrogen) atoms. The highest BCUT2D eigenvalue weighted by molar-refractivity contribution is 5.97. The first-order chi connectivity index (χ1) is 18.5. The summed E-state index contributed by atoms with van der Waals surface area (Å²) in [5.41, 5.74) is 1.39. The number of piperazine rings is 1. The number of H-pyrrole nitrogens is 1. The van der Waals surface area contributed by atoms with Crippen molar-refractivity contribution < 1.29 is 19.4 Å². The average molecular weight is 514 g/mol. The van der Waals surface area contributed by atoms with Gasteiger partial charge in [0.25, 0.3) is 11.5 Å². The van der Waals surface area contributed by atoms with Gasteiger partial charge in [-0.3, -0.25) is 9.59 Å². The zero-order chi connectivity index (χ0) is 26.6. The molecule has 2 aromatic heterocycles. The van der Waals surface area contributed by atoms with Crippen LogP contribution in [0.5, 0.6) is 11.5 Å². The summed E-state index contributed by atoms with van der Waals surface area (Å²) in [4.78, 5) is 41.4. The number of fused-ring (bicyclic) bond motifs is 1. The number of aliphatic hydroxyl groups excluding tert-OH is 1. The van der Waals surface area contributed by atoms with Crippen LogP contribution in [0, 0.1) is 0 Å². The summed E-state index contributed by atoms with van der Waals surface area (Å²) in [5, 5.41) is 10.6. The van der Waals surface area contributed by atoms with Crippen LogP contribution in [0.2, 0.25) is 0 Å². The Bertz CT molecular complexity index is 1560. The van der Waals surface area contributed by atoms with Gasteiger partial charge in [0.15, 0.2) is 11.5 Å². The molecule has 1 saturated heterocycles. The summed E-state index contributed by atoms with van der Waals surface area (Å²) in [6.45, 7) is 2.52. The number of amides is 1. The van der Waals surface area contributed by atoms with Crippen LogP contribution in [0.15, 0.2) is 65.6 Å². The third-order valence-electron chi connectivity index (χ3n) is 6.46. The second-order valence-corrected chi connectivity index (χ2v) is 8.75. The van der Waals surface area contributed by atoms with Gasteiger partial charge < -0.3 is 29.4 Å². The van der Waals surface area contributed by atoms with Crippen LogP contribution >= 0.6 is 0 Å². The van der Waals surface area contributed by atoms with Crippen LogP contribution < -0.4 is 19.9 Å². The molecule has 0 bridgehead atoms. The van der Waals surface area contributed by atoms with Crippen molar-refractivity contribution in [3.05, 3.63) is 88.0 Å². The smallest absolute Gasteiger partial charge is 0.274 e. The first kappa shape index (κ1) is 24.8. The van der Waals surface area contributed by atoms with Gasteiger partial charge in [-0.25, -0.2) is 9.97 Å². The van der Waals surface area contributed by atoms with Gasteiger partial charge in [0.2, 0.25) is 0 Å². The number of ether oxygens (including phenoxy) is 2. The molecular formula is C28H27N5O5. The van der Waals surface area contributed by atoms with E-state index in [1.165, 1.54) is 20.3 Å². The molecular weight excluding hydrogens is 486 g/mol. The van der Waals surface area contributed by atoms with Crippen molar-refractivity contribution in [2.45, 2.75) is 0 Å². The van der Waals surface area contributed by atoms with E-state index in [0.29, 0.717) is 59.8 Å². The lowest BCUT2D eigenvalue weighted by molar-refractivity contribution is 0.0746. The maximum atomic E-state index is 13.2. The van der Waals surface area contributed by atoms with Gasteiger partial charge >= 0.3 is 0 Å². The Balaban J connectivity index is 1.34. The zero-order valence-corrected chi connectivity index (χ0v) is 21.0. The summed E-state index contributed by atoms with van der Waals surface area (Å²) in [5.74, 6) is 1.60. The van der Waals surface area contributed by atoms with E-state index in [1.807, 2.05) is 18.2 Å². The van der Waals surface area contributed by atoms with Crippen LogP contribution in [0.25, 0.3) is 22.9 Å². The predicted molar refractivity (Wildman–Crippen MR) is 145 cm³/mol. The van der Waals surface area contributed by atoms with Gasteiger partial charge in [0, 0.05) is 49.6 Å². The van der Waals surface area contributed by atoms with E-state index in [0.717, 1.165) is 5.82 Å². The monoisotopic (exact) mass is 513 g/mol. The normalized spacial score (nSPS) is 14.0.